The summed E-state index contributed by atoms with van der Waals surface area (Å²) in [5.41, 5.74) is 1.44. The number of rotatable bonds is 3. The van der Waals surface area contributed by atoms with Gasteiger partial charge in [0.15, 0.2) is 5.65 Å². The van der Waals surface area contributed by atoms with Crippen molar-refractivity contribution < 1.29 is 9.90 Å². The molecule has 0 spiro atoms. The first-order chi connectivity index (χ1) is 13.5. The minimum absolute atomic E-state index is 0.0737. The number of aliphatic hydroxyl groups is 1. The summed E-state index contributed by atoms with van der Waals surface area (Å²) in [5.74, 6) is 1.03. The molecule has 2 atom stereocenters. The number of carbonyl (C=O) groups is 1. The number of fused-ring (bicyclic) bond motifs is 1. The summed E-state index contributed by atoms with van der Waals surface area (Å²) in [5, 5.41) is 14.2. The quantitative estimate of drug-likeness (QED) is 0.856. The zero-order valence-electron chi connectivity index (χ0n) is 16.2. The summed E-state index contributed by atoms with van der Waals surface area (Å²) in [6, 6.07) is 2.36. The van der Waals surface area contributed by atoms with Crippen molar-refractivity contribution in [3.05, 3.63) is 24.2 Å². The van der Waals surface area contributed by atoms with E-state index in [9.17, 15) is 9.90 Å². The fourth-order valence-electron chi connectivity index (χ4n) is 7.17. The summed E-state index contributed by atoms with van der Waals surface area (Å²) in [6.07, 6.45) is 14.2. The second-order valence-electron chi connectivity index (χ2n) is 10.1. The van der Waals surface area contributed by atoms with E-state index in [0.29, 0.717) is 29.9 Å². The largest absolute Gasteiger partial charge is 0.390 e. The van der Waals surface area contributed by atoms with Gasteiger partial charge in [0.25, 0.3) is 5.91 Å². The van der Waals surface area contributed by atoms with E-state index in [1.165, 1.54) is 32.1 Å². The molecule has 5 saturated carbocycles. The first-order valence-electron chi connectivity index (χ1n) is 10.9. The Balaban J connectivity index is 1.26. The molecular weight excluding hydrogens is 352 g/mol. The number of hydrogen-bond acceptors (Lipinski definition) is 4. The fraction of sp³-hybridized carbons (Fsp3) is 0.682. The van der Waals surface area contributed by atoms with E-state index in [1.807, 2.05) is 12.4 Å². The van der Waals surface area contributed by atoms with Gasteiger partial charge in [0.1, 0.15) is 5.52 Å². The van der Waals surface area contributed by atoms with Crippen molar-refractivity contribution in [2.24, 2.45) is 11.8 Å². The number of amides is 1. The average molecular weight is 380 g/mol. The zero-order chi connectivity index (χ0) is 18.9. The molecule has 2 heterocycles. The molecule has 0 aromatic carbocycles. The van der Waals surface area contributed by atoms with Crippen LogP contribution in [0.4, 0.5) is 0 Å². The number of imidazole rings is 1. The van der Waals surface area contributed by atoms with E-state index in [1.54, 1.807) is 6.20 Å². The van der Waals surface area contributed by atoms with E-state index < -0.39 is 5.60 Å². The van der Waals surface area contributed by atoms with Gasteiger partial charge in [-0.25, -0.2) is 9.97 Å². The van der Waals surface area contributed by atoms with Crippen LogP contribution in [0.3, 0.4) is 0 Å². The van der Waals surface area contributed by atoms with Gasteiger partial charge in [0.05, 0.1) is 17.5 Å². The summed E-state index contributed by atoms with van der Waals surface area (Å²) in [6.45, 7) is 0. The molecule has 2 aromatic rings. The lowest BCUT2D eigenvalue weighted by molar-refractivity contribution is -0.139. The molecule has 148 valence electrons. The van der Waals surface area contributed by atoms with Crippen molar-refractivity contribution in [2.45, 2.75) is 81.4 Å². The standard InChI is InChI=1S/C22H28N4O2/c27-20(25-21-7-14-5-15(8-21)10-22(28,9-14)12-21)16-6-18-19(23-11-16)26(13-24-18)17-3-1-2-4-17/h6,11,13-15,17,28H,1-5,7-10,12H2,(H,25,27). The highest BCUT2D eigenvalue weighted by atomic mass is 16.3. The Morgan fingerprint density at radius 2 is 1.89 bits per heavy atom. The second kappa shape index (κ2) is 5.78. The monoisotopic (exact) mass is 380 g/mol. The number of aromatic nitrogens is 3. The fourth-order valence-corrected chi connectivity index (χ4v) is 7.17. The number of nitrogens with one attached hydrogen (secondary N) is 1. The molecule has 0 aliphatic heterocycles. The SMILES string of the molecule is O=C(NC12CC3CC(CC(O)(C3)C1)C2)c1cnc2c(c1)ncn2C1CCCC1. The van der Waals surface area contributed by atoms with Crippen molar-refractivity contribution in [2.75, 3.05) is 0 Å². The first kappa shape index (κ1) is 17.0. The molecule has 0 saturated heterocycles. The maximum atomic E-state index is 13.1. The molecule has 5 aliphatic carbocycles. The lowest BCUT2D eigenvalue weighted by Gasteiger charge is -2.60. The summed E-state index contributed by atoms with van der Waals surface area (Å²) in [7, 11) is 0. The average Bonchev–Trinajstić information content (AvgIpc) is 3.27. The van der Waals surface area contributed by atoms with Crippen LogP contribution in [0.2, 0.25) is 0 Å². The van der Waals surface area contributed by atoms with Crippen molar-refractivity contribution >= 4 is 17.1 Å². The van der Waals surface area contributed by atoms with E-state index in [-0.39, 0.29) is 11.4 Å². The van der Waals surface area contributed by atoms with E-state index in [2.05, 4.69) is 19.9 Å². The maximum absolute atomic E-state index is 13.1. The molecular formula is C22H28N4O2. The smallest absolute Gasteiger partial charge is 0.253 e. The van der Waals surface area contributed by atoms with E-state index in [0.717, 1.165) is 36.8 Å². The van der Waals surface area contributed by atoms with Crippen molar-refractivity contribution in [3.63, 3.8) is 0 Å². The van der Waals surface area contributed by atoms with Crippen LogP contribution in [0.1, 0.15) is 80.6 Å². The molecule has 2 N–H and O–H groups in total. The van der Waals surface area contributed by atoms with Crippen LogP contribution in [0.5, 0.6) is 0 Å². The third kappa shape index (κ3) is 2.60. The Morgan fingerprint density at radius 1 is 1.14 bits per heavy atom. The van der Waals surface area contributed by atoms with Gasteiger partial charge in [-0.2, -0.15) is 0 Å². The Morgan fingerprint density at radius 3 is 2.61 bits per heavy atom. The summed E-state index contributed by atoms with van der Waals surface area (Å²) in [4.78, 5) is 22.2. The number of hydrogen-bond donors (Lipinski definition) is 2. The zero-order valence-corrected chi connectivity index (χ0v) is 16.2. The highest BCUT2D eigenvalue weighted by Gasteiger charge is 2.57. The predicted molar refractivity (Wildman–Crippen MR) is 105 cm³/mol. The Hall–Kier alpha value is -1.95. The molecule has 2 aromatic heterocycles. The van der Waals surface area contributed by atoms with Gasteiger partial charge >= 0.3 is 0 Å². The molecule has 5 fully saturated rings. The molecule has 7 rings (SSSR count). The lowest BCUT2D eigenvalue weighted by atomic mass is 9.51. The number of nitrogens with zero attached hydrogens (tertiary/aromatic N) is 3. The van der Waals surface area contributed by atoms with Gasteiger partial charge in [0, 0.05) is 17.8 Å². The van der Waals surface area contributed by atoms with Gasteiger partial charge in [0.2, 0.25) is 0 Å². The van der Waals surface area contributed by atoms with E-state index >= 15 is 0 Å². The van der Waals surface area contributed by atoms with Crippen LogP contribution in [-0.4, -0.2) is 36.7 Å². The van der Waals surface area contributed by atoms with Gasteiger partial charge in [-0.05, 0) is 69.3 Å². The van der Waals surface area contributed by atoms with E-state index in [4.69, 9.17) is 0 Å². The van der Waals surface area contributed by atoms with Crippen molar-refractivity contribution in [1.82, 2.24) is 19.9 Å². The summed E-state index contributed by atoms with van der Waals surface area (Å²) < 4.78 is 2.18. The summed E-state index contributed by atoms with van der Waals surface area (Å²) >= 11 is 0. The normalized spacial score (nSPS) is 37.0. The topological polar surface area (TPSA) is 80.0 Å². The van der Waals surface area contributed by atoms with Gasteiger partial charge in [-0.1, -0.05) is 12.8 Å². The molecule has 1 amide bonds. The highest BCUT2D eigenvalue weighted by Crippen LogP contribution is 2.57. The van der Waals surface area contributed by atoms with Crippen LogP contribution >= 0.6 is 0 Å². The molecule has 4 bridgehead atoms. The Labute approximate surface area is 164 Å². The molecule has 0 radical (unpaired) electrons. The lowest BCUT2D eigenvalue weighted by Crippen LogP contribution is -2.65. The third-order valence-electron chi connectivity index (χ3n) is 7.80. The molecule has 28 heavy (non-hydrogen) atoms. The van der Waals surface area contributed by atoms with Gasteiger partial charge < -0.3 is 15.0 Å². The van der Waals surface area contributed by atoms with Crippen molar-refractivity contribution in [3.8, 4) is 0 Å². The van der Waals surface area contributed by atoms with Gasteiger partial charge in [-0.15, -0.1) is 0 Å². The second-order valence-corrected chi connectivity index (χ2v) is 10.1. The van der Waals surface area contributed by atoms with Crippen LogP contribution in [0, 0.1) is 11.8 Å². The van der Waals surface area contributed by atoms with Crippen molar-refractivity contribution in [1.29, 1.82) is 0 Å². The van der Waals surface area contributed by atoms with Crippen LogP contribution in [0.25, 0.3) is 11.2 Å². The first-order valence-corrected chi connectivity index (χ1v) is 10.9. The number of pyridine rings is 1. The molecule has 5 aliphatic rings. The van der Waals surface area contributed by atoms with Crippen LogP contribution in [0.15, 0.2) is 18.6 Å². The molecule has 6 nitrogen and oxygen atoms in total. The maximum Gasteiger partial charge on any atom is 0.253 e. The molecule has 6 heteroatoms. The third-order valence-corrected chi connectivity index (χ3v) is 7.80. The van der Waals surface area contributed by atoms with Crippen LogP contribution < -0.4 is 5.32 Å². The molecule has 2 unspecified atom stereocenters. The predicted octanol–water partition coefficient (Wildman–Crippen LogP) is 3.36. The minimum atomic E-state index is -0.570. The highest BCUT2D eigenvalue weighted by molar-refractivity contribution is 5.96. The van der Waals surface area contributed by atoms with Gasteiger partial charge in [-0.3, -0.25) is 4.79 Å². The number of carbonyl (C=O) groups excluding carboxylic acids is 1. The minimum Gasteiger partial charge on any atom is -0.390 e. The van der Waals surface area contributed by atoms with Crippen LogP contribution in [-0.2, 0) is 0 Å². The Kier molecular flexibility index (Phi) is 3.50. The Bertz CT molecular complexity index is 931.